The van der Waals surface area contributed by atoms with Crippen molar-refractivity contribution in [2.24, 2.45) is 5.73 Å². The van der Waals surface area contributed by atoms with Gasteiger partial charge in [-0.1, -0.05) is 12.1 Å². The van der Waals surface area contributed by atoms with Gasteiger partial charge < -0.3 is 15.7 Å². The third kappa shape index (κ3) is 3.24. The predicted octanol–water partition coefficient (Wildman–Crippen LogP) is -0.657. The first kappa shape index (κ1) is 18.1. The smallest absolute Gasteiger partial charge is 0.255 e. The monoisotopic (exact) mass is 372 g/mol. The molecule has 8 nitrogen and oxygen atoms in total. The normalized spacial score (nSPS) is 24.6. The molecule has 144 valence electrons. The molecule has 4 rings (SSSR count). The molecule has 0 aliphatic carbocycles. The summed E-state index contributed by atoms with van der Waals surface area (Å²) in [6.07, 6.45) is 1.19. The molecule has 3 aliphatic rings. The number of β-amino-alcohol motifs (C(OH)–C–C–N with tert-alkyl or cyclic N) is 1. The standard InChI is InChI=1S/C19H24N4O4/c20-7-6-19(27)10-22(11-19)8-12-2-1-3-13-14(12)9-23(18(13)26)15-4-5-16(24)21-17(15)25/h1-3,15,27H,4-11,20H2,(H,21,24,25). The van der Waals surface area contributed by atoms with Gasteiger partial charge in [0.2, 0.25) is 11.8 Å². The Kier molecular flexibility index (Phi) is 4.49. The van der Waals surface area contributed by atoms with Gasteiger partial charge in [-0.05, 0) is 36.6 Å². The predicted molar refractivity (Wildman–Crippen MR) is 96.4 cm³/mol. The summed E-state index contributed by atoms with van der Waals surface area (Å²) < 4.78 is 0. The average Bonchev–Trinajstić information content (AvgIpc) is 2.92. The average molecular weight is 372 g/mol. The maximum atomic E-state index is 12.8. The molecule has 1 unspecified atom stereocenters. The lowest BCUT2D eigenvalue weighted by Crippen LogP contribution is -2.61. The van der Waals surface area contributed by atoms with Gasteiger partial charge in [0.1, 0.15) is 6.04 Å². The third-order valence-electron chi connectivity index (χ3n) is 5.72. The van der Waals surface area contributed by atoms with Crippen molar-refractivity contribution in [3.63, 3.8) is 0 Å². The van der Waals surface area contributed by atoms with Crippen molar-refractivity contribution in [2.75, 3.05) is 19.6 Å². The second kappa shape index (κ2) is 6.70. The van der Waals surface area contributed by atoms with Crippen LogP contribution in [0, 0.1) is 0 Å². The number of hydrogen-bond donors (Lipinski definition) is 3. The second-order valence-electron chi connectivity index (χ2n) is 7.75. The molecule has 1 atom stereocenters. The minimum absolute atomic E-state index is 0.162. The fourth-order valence-electron chi connectivity index (χ4n) is 4.36. The lowest BCUT2D eigenvalue weighted by atomic mass is 9.89. The van der Waals surface area contributed by atoms with E-state index in [2.05, 4.69) is 10.2 Å². The first-order valence-electron chi connectivity index (χ1n) is 9.30. The van der Waals surface area contributed by atoms with Crippen molar-refractivity contribution in [1.82, 2.24) is 15.1 Å². The molecule has 0 spiro atoms. The molecule has 3 amide bonds. The summed E-state index contributed by atoms with van der Waals surface area (Å²) in [5, 5.41) is 12.6. The summed E-state index contributed by atoms with van der Waals surface area (Å²) in [7, 11) is 0. The van der Waals surface area contributed by atoms with Gasteiger partial charge in [0.25, 0.3) is 5.91 Å². The Labute approximate surface area is 157 Å². The van der Waals surface area contributed by atoms with Crippen LogP contribution in [0.1, 0.15) is 40.7 Å². The van der Waals surface area contributed by atoms with Crippen LogP contribution < -0.4 is 11.1 Å². The molecule has 0 radical (unpaired) electrons. The first-order valence-corrected chi connectivity index (χ1v) is 9.30. The maximum Gasteiger partial charge on any atom is 0.255 e. The summed E-state index contributed by atoms with van der Waals surface area (Å²) in [5.74, 6) is -0.850. The number of benzene rings is 1. The number of fused-ring (bicyclic) bond motifs is 1. The number of aliphatic hydroxyl groups is 1. The fraction of sp³-hybridized carbons (Fsp3) is 0.526. The van der Waals surface area contributed by atoms with E-state index in [9.17, 15) is 19.5 Å². The van der Waals surface area contributed by atoms with Gasteiger partial charge in [-0.15, -0.1) is 0 Å². The summed E-state index contributed by atoms with van der Waals surface area (Å²) in [5.41, 5.74) is 7.42. The lowest BCUT2D eigenvalue weighted by Gasteiger charge is -2.46. The van der Waals surface area contributed by atoms with E-state index >= 15 is 0 Å². The number of hydrogen-bond acceptors (Lipinski definition) is 6. The Morgan fingerprint density at radius 1 is 1.26 bits per heavy atom. The SMILES string of the molecule is NCCC1(O)CN(Cc2cccc3c2CN(C2CCC(=O)NC2=O)C3=O)C1. The van der Waals surface area contributed by atoms with Crippen molar-refractivity contribution in [2.45, 2.75) is 44.0 Å². The van der Waals surface area contributed by atoms with Gasteiger partial charge in [-0.3, -0.25) is 24.6 Å². The molecular weight excluding hydrogens is 348 g/mol. The van der Waals surface area contributed by atoms with Gasteiger partial charge in [-0.25, -0.2) is 0 Å². The van der Waals surface area contributed by atoms with Crippen molar-refractivity contribution in [1.29, 1.82) is 0 Å². The van der Waals surface area contributed by atoms with E-state index in [-0.39, 0.29) is 18.2 Å². The number of imide groups is 1. The Hall–Kier alpha value is -2.29. The van der Waals surface area contributed by atoms with E-state index in [0.29, 0.717) is 51.1 Å². The van der Waals surface area contributed by atoms with Gasteiger partial charge in [0, 0.05) is 38.2 Å². The molecule has 27 heavy (non-hydrogen) atoms. The Morgan fingerprint density at radius 2 is 2.04 bits per heavy atom. The van der Waals surface area contributed by atoms with E-state index in [4.69, 9.17) is 5.73 Å². The first-order chi connectivity index (χ1) is 12.9. The minimum atomic E-state index is -0.707. The Bertz CT molecular complexity index is 803. The number of carbonyl (C=O) groups is 3. The third-order valence-corrected chi connectivity index (χ3v) is 5.72. The molecular formula is C19H24N4O4. The number of nitrogens with zero attached hydrogens (tertiary/aromatic N) is 2. The number of rotatable bonds is 5. The summed E-state index contributed by atoms with van der Waals surface area (Å²) in [6, 6.07) is 5.02. The van der Waals surface area contributed by atoms with Gasteiger partial charge in [0.05, 0.1) is 5.60 Å². The van der Waals surface area contributed by atoms with E-state index < -0.39 is 17.6 Å². The molecule has 1 aromatic rings. The van der Waals surface area contributed by atoms with Crippen molar-refractivity contribution in [3.8, 4) is 0 Å². The number of likely N-dealkylation sites (tertiary alicyclic amines) is 1. The highest BCUT2D eigenvalue weighted by Gasteiger charge is 2.42. The second-order valence-corrected chi connectivity index (χ2v) is 7.75. The molecule has 1 aromatic carbocycles. The molecule has 2 saturated heterocycles. The number of nitrogens with one attached hydrogen (secondary N) is 1. The molecule has 4 N–H and O–H groups in total. The lowest BCUT2D eigenvalue weighted by molar-refractivity contribution is -0.136. The molecule has 0 saturated carbocycles. The topological polar surface area (TPSA) is 116 Å². The number of piperidine rings is 1. The summed E-state index contributed by atoms with van der Waals surface area (Å²) in [6.45, 7) is 2.61. The van der Waals surface area contributed by atoms with Crippen LogP contribution in [0.15, 0.2) is 18.2 Å². The zero-order valence-electron chi connectivity index (χ0n) is 15.1. The van der Waals surface area contributed by atoms with Crippen LogP contribution in [0.25, 0.3) is 0 Å². The number of nitrogens with two attached hydrogens (primary N) is 1. The van der Waals surface area contributed by atoms with Gasteiger partial charge in [-0.2, -0.15) is 0 Å². The van der Waals surface area contributed by atoms with Gasteiger partial charge >= 0.3 is 0 Å². The quantitative estimate of drug-likeness (QED) is 0.591. The summed E-state index contributed by atoms with van der Waals surface area (Å²) in [4.78, 5) is 40.1. The number of amides is 3. The maximum absolute atomic E-state index is 12.8. The highest BCUT2D eigenvalue weighted by atomic mass is 16.3. The van der Waals surface area contributed by atoms with Crippen LogP contribution in [0.2, 0.25) is 0 Å². The van der Waals surface area contributed by atoms with Crippen molar-refractivity contribution < 1.29 is 19.5 Å². The van der Waals surface area contributed by atoms with Crippen LogP contribution in [-0.2, 0) is 22.7 Å². The molecule has 8 heteroatoms. The van der Waals surface area contributed by atoms with Crippen LogP contribution in [0.5, 0.6) is 0 Å². The molecule has 0 bridgehead atoms. The van der Waals surface area contributed by atoms with E-state index in [1.165, 1.54) is 0 Å². The zero-order valence-corrected chi connectivity index (χ0v) is 15.1. The van der Waals surface area contributed by atoms with E-state index in [1.807, 2.05) is 12.1 Å². The van der Waals surface area contributed by atoms with Crippen LogP contribution in [-0.4, -0.2) is 63.9 Å². The van der Waals surface area contributed by atoms with E-state index in [1.54, 1.807) is 11.0 Å². The Balaban J connectivity index is 1.48. The molecule has 2 fully saturated rings. The highest BCUT2D eigenvalue weighted by molar-refractivity contribution is 6.05. The van der Waals surface area contributed by atoms with Crippen LogP contribution in [0.3, 0.4) is 0 Å². The molecule has 3 aliphatic heterocycles. The zero-order chi connectivity index (χ0) is 19.2. The fourth-order valence-corrected chi connectivity index (χ4v) is 4.36. The van der Waals surface area contributed by atoms with E-state index in [0.717, 1.165) is 11.1 Å². The highest BCUT2D eigenvalue weighted by Crippen LogP contribution is 2.32. The van der Waals surface area contributed by atoms with Crippen molar-refractivity contribution in [3.05, 3.63) is 34.9 Å². The largest absolute Gasteiger partial charge is 0.387 e. The molecule has 3 heterocycles. The van der Waals surface area contributed by atoms with Gasteiger partial charge in [0.15, 0.2) is 0 Å². The van der Waals surface area contributed by atoms with Crippen LogP contribution in [0.4, 0.5) is 0 Å². The molecule has 0 aromatic heterocycles. The minimum Gasteiger partial charge on any atom is -0.387 e. The summed E-state index contributed by atoms with van der Waals surface area (Å²) >= 11 is 0. The number of carbonyl (C=O) groups excluding carboxylic acids is 3. The van der Waals surface area contributed by atoms with Crippen LogP contribution >= 0.6 is 0 Å². The Morgan fingerprint density at radius 3 is 2.74 bits per heavy atom. The van der Waals surface area contributed by atoms with Crippen molar-refractivity contribution >= 4 is 17.7 Å².